The van der Waals surface area contributed by atoms with Crippen LogP contribution in [0.25, 0.3) is 0 Å². The van der Waals surface area contributed by atoms with Crippen molar-refractivity contribution in [3.63, 3.8) is 0 Å². The molecule has 0 aliphatic rings. The summed E-state index contributed by atoms with van der Waals surface area (Å²) in [5.41, 5.74) is 7.29. The first-order valence-corrected chi connectivity index (χ1v) is 4.22. The zero-order valence-electron chi connectivity index (χ0n) is 7.56. The molecule has 1 aromatic carbocycles. The van der Waals surface area contributed by atoms with Gasteiger partial charge in [-0.15, -0.1) is 0 Å². The summed E-state index contributed by atoms with van der Waals surface area (Å²) in [6.07, 6.45) is 0.284. The second kappa shape index (κ2) is 4.33. The van der Waals surface area contributed by atoms with Gasteiger partial charge in [-0.25, -0.2) is 4.39 Å². The molecule has 0 heterocycles. The van der Waals surface area contributed by atoms with E-state index in [9.17, 15) is 8.78 Å². The molecular weight excluding hydrogens is 172 g/mol. The van der Waals surface area contributed by atoms with Gasteiger partial charge in [0.15, 0.2) is 0 Å². The molecule has 0 aliphatic carbocycles. The predicted molar refractivity (Wildman–Crippen MR) is 48.7 cm³/mol. The minimum atomic E-state index is -0.446. The predicted octanol–water partition coefficient (Wildman–Crippen LogP) is 2.49. The van der Waals surface area contributed by atoms with Gasteiger partial charge >= 0.3 is 0 Å². The summed E-state index contributed by atoms with van der Waals surface area (Å²) in [5.74, 6) is -0.284. The summed E-state index contributed by atoms with van der Waals surface area (Å²) in [4.78, 5) is 0. The molecule has 0 aliphatic heterocycles. The average molecular weight is 185 g/mol. The van der Waals surface area contributed by atoms with Gasteiger partial charge in [-0.3, -0.25) is 4.39 Å². The molecule has 1 nitrogen and oxygen atoms in total. The maximum atomic E-state index is 12.7. The summed E-state index contributed by atoms with van der Waals surface area (Å²) in [6, 6.07) is 4.05. The molecule has 13 heavy (non-hydrogen) atoms. The lowest BCUT2D eigenvalue weighted by molar-refractivity contribution is 0.441. The third-order valence-corrected chi connectivity index (χ3v) is 2.05. The smallest absolute Gasteiger partial charge is 0.123 e. The van der Waals surface area contributed by atoms with Crippen molar-refractivity contribution >= 4 is 0 Å². The standard InChI is InChI=1S/C10H13F2N/c1-7-6-8(12)2-3-9(7)10(13)4-5-11/h2-3,6,10H,4-5,13H2,1H3/t10-/m0/s1. The highest BCUT2D eigenvalue weighted by atomic mass is 19.1. The van der Waals surface area contributed by atoms with Crippen molar-refractivity contribution in [2.24, 2.45) is 5.73 Å². The monoisotopic (exact) mass is 185 g/mol. The van der Waals surface area contributed by atoms with Gasteiger partial charge < -0.3 is 5.73 Å². The van der Waals surface area contributed by atoms with Crippen LogP contribution in [0.3, 0.4) is 0 Å². The fourth-order valence-electron chi connectivity index (χ4n) is 1.33. The van der Waals surface area contributed by atoms with Gasteiger partial charge in [-0.2, -0.15) is 0 Å². The normalized spacial score (nSPS) is 12.9. The molecular formula is C10H13F2N. The molecule has 0 amide bonds. The van der Waals surface area contributed by atoms with Crippen molar-refractivity contribution in [1.82, 2.24) is 0 Å². The van der Waals surface area contributed by atoms with E-state index in [1.165, 1.54) is 12.1 Å². The van der Waals surface area contributed by atoms with Gasteiger partial charge in [-0.05, 0) is 36.6 Å². The van der Waals surface area contributed by atoms with E-state index in [-0.39, 0.29) is 18.3 Å². The molecule has 72 valence electrons. The minimum absolute atomic E-state index is 0.284. The van der Waals surface area contributed by atoms with Crippen LogP contribution in [0.4, 0.5) is 8.78 Å². The van der Waals surface area contributed by atoms with E-state index in [1.807, 2.05) is 0 Å². The number of nitrogens with two attached hydrogens (primary N) is 1. The molecule has 3 heteroatoms. The third kappa shape index (κ3) is 2.49. The van der Waals surface area contributed by atoms with E-state index in [2.05, 4.69) is 0 Å². The summed E-state index contributed by atoms with van der Waals surface area (Å²) in [5, 5.41) is 0. The first-order valence-electron chi connectivity index (χ1n) is 4.22. The molecule has 0 fully saturated rings. The summed E-state index contributed by atoms with van der Waals surface area (Å²) >= 11 is 0. The van der Waals surface area contributed by atoms with Gasteiger partial charge in [0.05, 0.1) is 6.67 Å². The van der Waals surface area contributed by atoms with Crippen LogP contribution in [-0.4, -0.2) is 6.67 Å². The molecule has 0 bridgehead atoms. The number of hydrogen-bond donors (Lipinski definition) is 1. The van der Waals surface area contributed by atoms with Crippen molar-refractivity contribution in [2.45, 2.75) is 19.4 Å². The maximum absolute atomic E-state index is 12.7. The Morgan fingerprint density at radius 1 is 1.46 bits per heavy atom. The minimum Gasteiger partial charge on any atom is -0.324 e. The Morgan fingerprint density at radius 2 is 2.15 bits per heavy atom. The Morgan fingerprint density at radius 3 is 2.69 bits per heavy atom. The number of alkyl halides is 1. The average Bonchev–Trinajstić information content (AvgIpc) is 2.04. The number of rotatable bonds is 3. The van der Waals surface area contributed by atoms with E-state index in [0.717, 1.165) is 11.1 Å². The molecule has 2 N–H and O–H groups in total. The van der Waals surface area contributed by atoms with E-state index in [0.29, 0.717) is 0 Å². The van der Waals surface area contributed by atoms with Crippen LogP contribution >= 0.6 is 0 Å². The second-order valence-electron chi connectivity index (χ2n) is 3.09. The summed E-state index contributed by atoms with van der Waals surface area (Å²) in [7, 11) is 0. The molecule has 1 aromatic rings. The van der Waals surface area contributed by atoms with Gasteiger partial charge in [-0.1, -0.05) is 6.07 Å². The number of halogens is 2. The van der Waals surface area contributed by atoms with Crippen molar-refractivity contribution in [2.75, 3.05) is 6.67 Å². The summed E-state index contributed by atoms with van der Waals surface area (Å²) in [6.45, 7) is 1.33. The van der Waals surface area contributed by atoms with Gasteiger partial charge in [0.25, 0.3) is 0 Å². The largest absolute Gasteiger partial charge is 0.324 e. The first kappa shape index (κ1) is 10.1. The van der Waals surface area contributed by atoms with Crippen molar-refractivity contribution in [3.05, 3.63) is 35.1 Å². The van der Waals surface area contributed by atoms with E-state index in [1.54, 1.807) is 13.0 Å². The SMILES string of the molecule is Cc1cc(F)ccc1[C@@H](N)CCF. The van der Waals surface area contributed by atoms with Gasteiger partial charge in [0, 0.05) is 6.04 Å². The topological polar surface area (TPSA) is 26.0 Å². The Hall–Kier alpha value is -0.960. The molecule has 0 radical (unpaired) electrons. The molecule has 0 unspecified atom stereocenters. The highest BCUT2D eigenvalue weighted by molar-refractivity contribution is 5.29. The number of aryl methyl sites for hydroxylation is 1. The number of benzene rings is 1. The lowest BCUT2D eigenvalue weighted by atomic mass is 10.00. The highest BCUT2D eigenvalue weighted by Crippen LogP contribution is 2.19. The van der Waals surface area contributed by atoms with Crippen LogP contribution in [-0.2, 0) is 0 Å². The van der Waals surface area contributed by atoms with Gasteiger partial charge in [0.2, 0.25) is 0 Å². The Labute approximate surface area is 76.6 Å². The zero-order valence-corrected chi connectivity index (χ0v) is 7.56. The Balaban J connectivity index is 2.88. The second-order valence-corrected chi connectivity index (χ2v) is 3.09. The van der Waals surface area contributed by atoms with E-state index in [4.69, 9.17) is 5.73 Å². The van der Waals surface area contributed by atoms with E-state index < -0.39 is 6.67 Å². The molecule has 1 atom stereocenters. The lowest BCUT2D eigenvalue weighted by Crippen LogP contribution is -2.12. The molecule has 0 aromatic heterocycles. The number of hydrogen-bond acceptors (Lipinski definition) is 1. The van der Waals surface area contributed by atoms with Crippen LogP contribution in [0.15, 0.2) is 18.2 Å². The van der Waals surface area contributed by atoms with Crippen molar-refractivity contribution in [1.29, 1.82) is 0 Å². The molecule has 1 rings (SSSR count). The van der Waals surface area contributed by atoms with Crippen LogP contribution < -0.4 is 5.73 Å². The highest BCUT2D eigenvalue weighted by Gasteiger charge is 2.08. The molecule has 0 saturated heterocycles. The maximum Gasteiger partial charge on any atom is 0.123 e. The van der Waals surface area contributed by atoms with E-state index >= 15 is 0 Å². The molecule has 0 spiro atoms. The molecule has 0 saturated carbocycles. The van der Waals surface area contributed by atoms with Crippen LogP contribution in [0.5, 0.6) is 0 Å². The Kier molecular flexibility index (Phi) is 3.37. The lowest BCUT2D eigenvalue weighted by Gasteiger charge is -2.12. The Bertz CT molecular complexity index is 286. The van der Waals surface area contributed by atoms with Crippen molar-refractivity contribution < 1.29 is 8.78 Å². The van der Waals surface area contributed by atoms with Crippen molar-refractivity contribution in [3.8, 4) is 0 Å². The quantitative estimate of drug-likeness (QED) is 0.769. The van der Waals surface area contributed by atoms with Crippen LogP contribution in [0.1, 0.15) is 23.6 Å². The third-order valence-electron chi connectivity index (χ3n) is 2.05. The van der Waals surface area contributed by atoms with Gasteiger partial charge in [0.1, 0.15) is 5.82 Å². The first-order chi connectivity index (χ1) is 6.15. The summed E-state index contributed by atoms with van der Waals surface area (Å²) < 4.78 is 24.7. The fourth-order valence-corrected chi connectivity index (χ4v) is 1.33. The van der Waals surface area contributed by atoms with Crippen LogP contribution in [0, 0.1) is 12.7 Å². The van der Waals surface area contributed by atoms with Crippen LogP contribution in [0.2, 0.25) is 0 Å². The zero-order chi connectivity index (χ0) is 9.84. The fraction of sp³-hybridized carbons (Fsp3) is 0.400.